The molecule has 0 radical (unpaired) electrons. The van der Waals surface area contributed by atoms with Gasteiger partial charge in [0.2, 0.25) is 0 Å². The molecule has 1 aliphatic heterocycles. The fourth-order valence-electron chi connectivity index (χ4n) is 3.22. The molecule has 0 spiro atoms. The molecule has 0 saturated carbocycles. The smallest absolute Gasteiger partial charge is 0.276 e. The van der Waals surface area contributed by atoms with E-state index in [0.717, 1.165) is 48.5 Å². The molecule has 0 bridgehead atoms. The molecule has 128 valence electrons. The van der Waals surface area contributed by atoms with E-state index in [4.69, 9.17) is 0 Å². The van der Waals surface area contributed by atoms with E-state index in [1.807, 2.05) is 6.92 Å². The summed E-state index contributed by atoms with van der Waals surface area (Å²) in [5, 5.41) is 25.9. The highest BCUT2D eigenvalue weighted by Gasteiger charge is 2.25. The highest BCUT2D eigenvalue weighted by Crippen LogP contribution is 2.38. The molecule has 0 aromatic carbocycles. The number of aromatic nitrogens is 5. The lowest BCUT2D eigenvalue weighted by atomic mass is 10.0. The summed E-state index contributed by atoms with van der Waals surface area (Å²) in [4.78, 5) is 9.45. The standard InChI is InChI=1S/C15H21N7OS/c1-3-9(8-23)16-13-12-10-5-6-21(4-2)7-11(10)24-14(12)22-15(17-13)18-19-20-22/h9,23H,3-8H2,1-2H3,(H,16,17,18,20)/t9-/m1/s1. The molecule has 3 aromatic rings. The highest BCUT2D eigenvalue weighted by atomic mass is 32.1. The van der Waals surface area contributed by atoms with Crippen molar-refractivity contribution in [1.29, 1.82) is 0 Å². The zero-order valence-corrected chi connectivity index (χ0v) is 14.7. The Bertz CT molecular complexity index is 870. The van der Waals surface area contributed by atoms with Crippen LogP contribution in [0.25, 0.3) is 16.0 Å². The predicted molar refractivity (Wildman–Crippen MR) is 93.4 cm³/mol. The van der Waals surface area contributed by atoms with Gasteiger partial charge in [0.1, 0.15) is 10.6 Å². The fourth-order valence-corrected chi connectivity index (χ4v) is 4.55. The van der Waals surface area contributed by atoms with Crippen LogP contribution in [-0.4, -0.2) is 60.8 Å². The minimum Gasteiger partial charge on any atom is -0.394 e. The van der Waals surface area contributed by atoms with Crippen LogP contribution in [0.15, 0.2) is 0 Å². The highest BCUT2D eigenvalue weighted by molar-refractivity contribution is 7.19. The number of thiophene rings is 1. The molecule has 4 rings (SSSR count). The first-order valence-corrected chi connectivity index (χ1v) is 9.18. The Morgan fingerprint density at radius 1 is 1.38 bits per heavy atom. The molecular weight excluding hydrogens is 326 g/mol. The van der Waals surface area contributed by atoms with Crippen LogP contribution in [0.5, 0.6) is 0 Å². The summed E-state index contributed by atoms with van der Waals surface area (Å²) in [6.07, 6.45) is 1.83. The molecule has 9 heteroatoms. The van der Waals surface area contributed by atoms with Crippen LogP contribution < -0.4 is 5.32 Å². The largest absolute Gasteiger partial charge is 0.394 e. The minimum atomic E-state index is -0.0229. The monoisotopic (exact) mass is 347 g/mol. The summed E-state index contributed by atoms with van der Waals surface area (Å²) in [5.41, 5.74) is 1.35. The van der Waals surface area contributed by atoms with Crippen LogP contribution in [0.4, 0.5) is 5.82 Å². The Hall–Kier alpha value is -1.84. The van der Waals surface area contributed by atoms with Gasteiger partial charge in [-0.25, -0.2) is 0 Å². The van der Waals surface area contributed by atoms with E-state index in [9.17, 15) is 5.11 Å². The molecule has 4 heterocycles. The van der Waals surface area contributed by atoms with E-state index in [2.05, 4.69) is 37.6 Å². The van der Waals surface area contributed by atoms with Gasteiger partial charge in [-0.15, -0.1) is 11.3 Å². The molecule has 1 aliphatic rings. The van der Waals surface area contributed by atoms with Crippen molar-refractivity contribution in [1.82, 2.24) is 29.9 Å². The molecule has 0 amide bonds. The van der Waals surface area contributed by atoms with Crippen LogP contribution >= 0.6 is 11.3 Å². The van der Waals surface area contributed by atoms with Crippen molar-refractivity contribution < 1.29 is 5.11 Å². The molecule has 0 unspecified atom stereocenters. The SMILES string of the molecule is CC[C@H](CO)Nc1nc2nnnn2c2sc3c(c12)CCN(CC)C3. The lowest BCUT2D eigenvalue weighted by Gasteiger charge is -2.25. The number of hydrogen-bond acceptors (Lipinski definition) is 8. The predicted octanol–water partition coefficient (Wildman–Crippen LogP) is 1.29. The molecule has 8 nitrogen and oxygen atoms in total. The molecule has 3 aromatic heterocycles. The second kappa shape index (κ2) is 6.23. The van der Waals surface area contributed by atoms with Crippen LogP contribution in [0.3, 0.4) is 0 Å². The van der Waals surface area contributed by atoms with Crippen molar-refractivity contribution in [3.05, 3.63) is 10.4 Å². The minimum absolute atomic E-state index is 0.0229. The van der Waals surface area contributed by atoms with E-state index in [1.54, 1.807) is 15.9 Å². The van der Waals surface area contributed by atoms with Crippen LogP contribution in [-0.2, 0) is 13.0 Å². The Morgan fingerprint density at radius 3 is 3.00 bits per heavy atom. The summed E-state index contributed by atoms with van der Waals surface area (Å²) in [6.45, 7) is 7.39. The van der Waals surface area contributed by atoms with Crippen molar-refractivity contribution in [3.8, 4) is 0 Å². The van der Waals surface area contributed by atoms with Gasteiger partial charge in [0.25, 0.3) is 5.78 Å². The Kier molecular flexibility index (Phi) is 4.07. The lowest BCUT2D eigenvalue weighted by molar-refractivity contribution is 0.271. The number of anilines is 1. The van der Waals surface area contributed by atoms with Crippen LogP contribution in [0.1, 0.15) is 30.7 Å². The summed E-state index contributed by atoms with van der Waals surface area (Å²) >= 11 is 1.75. The first-order chi connectivity index (χ1) is 11.7. The number of nitrogens with zero attached hydrogens (tertiary/aromatic N) is 6. The van der Waals surface area contributed by atoms with Crippen molar-refractivity contribution in [3.63, 3.8) is 0 Å². The zero-order chi connectivity index (χ0) is 16.7. The number of tetrazole rings is 1. The molecule has 0 aliphatic carbocycles. The lowest BCUT2D eigenvalue weighted by Crippen LogP contribution is -2.29. The molecular formula is C15H21N7OS. The second-order valence-electron chi connectivity index (χ2n) is 6.09. The van der Waals surface area contributed by atoms with Crippen LogP contribution in [0.2, 0.25) is 0 Å². The number of aliphatic hydroxyl groups is 1. The van der Waals surface area contributed by atoms with Gasteiger partial charge in [-0.05, 0) is 35.4 Å². The van der Waals surface area contributed by atoms with Gasteiger partial charge in [-0.2, -0.15) is 9.50 Å². The number of aliphatic hydroxyl groups excluding tert-OH is 1. The number of hydrogen-bond donors (Lipinski definition) is 2. The Labute approximate surface area is 143 Å². The van der Waals surface area contributed by atoms with Gasteiger partial charge < -0.3 is 10.4 Å². The average Bonchev–Trinajstić information content (AvgIpc) is 3.22. The van der Waals surface area contributed by atoms with Gasteiger partial charge in [-0.1, -0.05) is 18.9 Å². The number of rotatable bonds is 5. The first-order valence-electron chi connectivity index (χ1n) is 8.37. The fraction of sp³-hybridized carbons (Fsp3) is 0.600. The number of nitrogens with one attached hydrogen (secondary N) is 1. The zero-order valence-electron chi connectivity index (χ0n) is 13.9. The van der Waals surface area contributed by atoms with Crippen molar-refractivity contribution in [2.24, 2.45) is 0 Å². The van der Waals surface area contributed by atoms with Gasteiger partial charge >= 0.3 is 0 Å². The van der Waals surface area contributed by atoms with E-state index in [0.29, 0.717) is 5.78 Å². The van der Waals surface area contributed by atoms with Crippen molar-refractivity contribution in [2.75, 3.05) is 25.0 Å². The Balaban J connectivity index is 1.91. The van der Waals surface area contributed by atoms with E-state index >= 15 is 0 Å². The Morgan fingerprint density at radius 2 is 2.25 bits per heavy atom. The number of likely N-dealkylation sites (N-methyl/N-ethyl adjacent to an activating group) is 1. The van der Waals surface area contributed by atoms with Crippen LogP contribution in [0, 0.1) is 0 Å². The van der Waals surface area contributed by atoms with Gasteiger partial charge in [-0.3, -0.25) is 4.90 Å². The van der Waals surface area contributed by atoms with E-state index in [1.165, 1.54) is 10.4 Å². The van der Waals surface area contributed by atoms with Crippen molar-refractivity contribution >= 4 is 33.1 Å². The maximum atomic E-state index is 9.55. The average molecular weight is 347 g/mol. The van der Waals surface area contributed by atoms with E-state index in [-0.39, 0.29) is 12.6 Å². The summed E-state index contributed by atoms with van der Waals surface area (Å²) in [6, 6.07) is -0.0229. The summed E-state index contributed by atoms with van der Waals surface area (Å²) in [5.74, 6) is 1.28. The maximum Gasteiger partial charge on any atom is 0.276 e. The normalized spacial score (nSPS) is 16.6. The quantitative estimate of drug-likeness (QED) is 0.718. The molecule has 1 atom stereocenters. The summed E-state index contributed by atoms with van der Waals surface area (Å²) in [7, 11) is 0. The number of fused-ring (bicyclic) bond motifs is 5. The van der Waals surface area contributed by atoms with Gasteiger partial charge in [0.15, 0.2) is 0 Å². The molecule has 0 fully saturated rings. The first kappa shape index (κ1) is 15.7. The second-order valence-corrected chi connectivity index (χ2v) is 7.17. The van der Waals surface area contributed by atoms with Crippen molar-refractivity contribution in [2.45, 2.75) is 39.3 Å². The maximum absolute atomic E-state index is 9.55. The third-order valence-electron chi connectivity index (χ3n) is 4.71. The van der Waals surface area contributed by atoms with Gasteiger partial charge in [0, 0.05) is 18.0 Å². The van der Waals surface area contributed by atoms with E-state index < -0.39 is 0 Å². The third kappa shape index (κ3) is 2.43. The topological polar surface area (TPSA) is 91.5 Å². The molecule has 0 saturated heterocycles. The van der Waals surface area contributed by atoms with Gasteiger partial charge in [0.05, 0.1) is 18.0 Å². The summed E-state index contributed by atoms with van der Waals surface area (Å²) < 4.78 is 1.72. The molecule has 24 heavy (non-hydrogen) atoms. The third-order valence-corrected chi connectivity index (χ3v) is 5.90. The molecule has 2 N–H and O–H groups in total.